The lowest BCUT2D eigenvalue weighted by atomic mass is 9.96. The molecule has 0 spiro atoms. The lowest BCUT2D eigenvalue weighted by molar-refractivity contribution is -0.121. The van der Waals surface area contributed by atoms with Crippen LogP contribution in [0.5, 0.6) is 0 Å². The lowest BCUT2D eigenvalue weighted by Crippen LogP contribution is -2.40. The van der Waals surface area contributed by atoms with Crippen molar-refractivity contribution in [3.8, 4) is 0 Å². The Morgan fingerprint density at radius 2 is 1.88 bits per heavy atom. The average molecular weight is 452 g/mol. The molecule has 126 valence electrons. The van der Waals surface area contributed by atoms with Gasteiger partial charge in [0.05, 0.1) is 5.92 Å². The zero-order valence-electron chi connectivity index (χ0n) is 13.3. The molecule has 0 aromatic heterocycles. The predicted octanol–water partition coefficient (Wildman–Crippen LogP) is 5.06. The molecule has 3 nitrogen and oxygen atoms in total. The van der Waals surface area contributed by atoms with Crippen molar-refractivity contribution in [1.82, 2.24) is 4.90 Å². The number of anilines is 1. The Bertz CT molecular complexity index is 720. The fourth-order valence-corrected chi connectivity index (χ4v) is 3.96. The SMILES string of the molecule is O=C(Nc1cccc(Br)c1)C1CCCN(Cc2cccc(Br)c2)C1. The normalized spacial score (nSPS) is 18.3. The van der Waals surface area contributed by atoms with E-state index in [2.05, 4.69) is 60.3 Å². The highest BCUT2D eigenvalue weighted by molar-refractivity contribution is 9.10. The van der Waals surface area contributed by atoms with E-state index in [1.54, 1.807) is 0 Å². The molecule has 1 aliphatic heterocycles. The molecule has 2 aromatic rings. The number of likely N-dealkylation sites (tertiary alicyclic amines) is 1. The molecule has 24 heavy (non-hydrogen) atoms. The number of rotatable bonds is 4. The van der Waals surface area contributed by atoms with Crippen molar-refractivity contribution < 1.29 is 4.79 Å². The summed E-state index contributed by atoms with van der Waals surface area (Å²) in [5, 5.41) is 3.04. The predicted molar refractivity (Wildman–Crippen MR) is 105 cm³/mol. The molecule has 2 aromatic carbocycles. The minimum atomic E-state index is 0.0462. The number of nitrogens with one attached hydrogen (secondary N) is 1. The summed E-state index contributed by atoms with van der Waals surface area (Å²) in [5.74, 6) is 0.164. The third-order valence-electron chi connectivity index (χ3n) is 4.26. The van der Waals surface area contributed by atoms with Gasteiger partial charge in [0.1, 0.15) is 0 Å². The van der Waals surface area contributed by atoms with Gasteiger partial charge in [-0.1, -0.05) is 50.1 Å². The highest BCUT2D eigenvalue weighted by Gasteiger charge is 2.25. The number of hydrogen-bond acceptors (Lipinski definition) is 2. The van der Waals surface area contributed by atoms with E-state index in [9.17, 15) is 4.79 Å². The molecule has 1 N–H and O–H groups in total. The first-order valence-electron chi connectivity index (χ1n) is 8.13. The zero-order valence-corrected chi connectivity index (χ0v) is 16.5. The first-order chi connectivity index (χ1) is 11.6. The van der Waals surface area contributed by atoms with Crippen LogP contribution >= 0.6 is 31.9 Å². The van der Waals surface area contributed by atoms with Gasteiger partial charge in [0.25, 0.3) is 0 Å². The van der Waals surface area contributed by atoms with Crippen molar-refractivity contribution in [1.29, 1.82) is 0 Å². The van der Waals surface area contributed by atoms with Crippen molar-refractivity contribution in [2.45, 2.75) is 19.4 Å². The molecule has 1 saturated heterocycles. The van der Waals surface area contributed by atoms with E-state index in [1.807, 2.05) is 30.3 Å². The van der Waals surface area contributed by atoms with Crippen LogP contribution in [0.25, 0.3) is 0 Å². The van der Waals surface area contributed by atoms with Gasteiger partial charge in [0.2, 0.25) is 5.91 Å². The van der Waals surface area contributed by atoms with E-state index in [4.69, 9.17) is 0 Å². The van der Waals surface area contributed by atoms with Crippen LogP contribution in [-0.2, 0) is 11.3 Å². The van der Waals surface area contributed by atoms with Crippen LogP contribution < -0.4 is 5.32 Å². The molecule has 1 amide bonds. The fraction of sp³-hybridized carbons (Fsp3) is 0.316. The van der Waals surface area contributed by atoms with Gasteiger partial charge in [-0.3, -0.25) is 9.69 Å². The molecule has 1 fully saturated rings. The van der Waals surface area contributed by atoms with Gasteiger partial charge in [-0.05, 0) is 55.3 Å². The van der Waals surface area contributed by atoms with Crippen LogP contribution in [0.2, 0.25) is 0 Å². The first kappa shape index (κ1) is 17.6. The molecule has 0 radical (unpaired) electrons. The molecule has 1 heterocycles. The van der Waals surface area contributed by atoms with Crippen LogP contribution in [0.3, 0.4) is 0 Å². The minimum absolute atomic E-state index is 0.0462. The van der Waals surface area contributed by atoms with Crippen molar-refractivity contribution in [2.24, 2.45) is 5.92 Å². The van der Waals surface area contributed by atoms with Crippen molar-refractivity contribution in [3.05, 3.63) is 63.0 Å². The smallest absolute Gasteiger partial charge is 0.228 e. The van der Waals surface area contributed by atoms with E-state index in [1.165, 1.54) is 5.56 Å². The molecule has 5 heteroatoms. The van der Waals surface area contributed by atoms with Crippen molar-refractivity contribution in [3.63, 3.8) is 0 Å². The number of halogens is 2. The molecule has 0 saturated carbocycles. The van der Waals surface area contributed by atoms with E-state index in [-0.39, 0.29) is 11.8 Å². The number of piperidine rings is 1. The second kappa shape index (κ2) is 8.28. The summed E-state index contributed by atoms with van der Waals surface area (Å²) in [5.41, 5.74) is 2.12. The quantitative estimate of drug-likeness (QED) is 0.704. The number of nitrogens with zero attached hydrogens (tertiary/aromatic N) is 1. The Labute approximate surface area is 159 Å². The van der Waals surface area contributed by atoms with E-state index < -0.39 is 0 Å². The number of carbonyl (C=O) groups excluding carboxylic acids is 1. The van der Waals surface area contributed by atoms with Crippen molar-refractivity contribution in [2.75, 3.05) is 18.4 Å². The van der Waals surface area contributed by atoms with Gasteiger partial charge in [0.15, 0.2) is 0 Å². The Balaban J connectivity index is 1.59. The topological polar surface area (TPSA) is 32.3 Å². The Morgan fingerprint density at radius 1 is 1.12 bits per heavy atom. The molecule has 0 aliphatic carbocycles. The molecule has 0 bridgehead atoms. The maximum Gasteiger partial charge on any atom is 0.228 e. The molecular formula is C19H20Br2N2O. The van der Waals surface area contributed by atoms with E-state index in [0.717, 1.165) is 47.1 Å². The highest BCUT2D eigenvalue weighted by atomic mass is 79.9. The molecule has 3 rings (SSSR count). The van der Waals surface area contributed by atoms with Gasteiger partial charge < -0.3 is 5.32 Å². The zero-order chi connectivity index (χ0) is 16.9. The van der Waals surface area contributed by atoms with Gasteiger partial charge in [-0.2, -0.15) is 0 Å². The van der Waals surface area contributed by atoms with Crippen LogP contribution in [0.4, 0.5) is 5.69 Å². The van der Waals surface area contributed by atoms with Gasteiger partial charge in [-0.25, -0.2) is 0 Å². The van der Waals surface area contributed by atoms with Crippen LogP contribution in [-0.4, -0.2) is 23.9 Å². The summed E-state index contributed by atoms with van der Waals surface area (Å²) < 4.78 is 2.07. The average Bonchev–Trinajstić information content (AvgIpc) is 2.55. The molecule has 1 aliphatic rings. The summed E-state index contributed by atoms with van der Waals surface area (Å²) in [6, 6.07) is 16.1. The third kappa shape index (κ3) is 4.91. The van der Waals surface area contributed by atoms with Crippen LogP contribution in [0.1, 0.15) is 18.4 Å². The second-order valence-corrected chi connectivity index (χ2v) is 8.04. The van der Waals surface area contributed by atoms with Crippen molar-refractivity contribution >= 4 is 43.5 Å². The minimum Gasteiger partial charge on any atom is -0.326 e. The maximum atomic E-state index is 12.6. The van der Waals surface area contributed by atoms with E-state index >= 15 is 0 Å². The maximum absolute atomic E-state index is 12.6. The van der Waals surface area contributed by atoms with E-state index in [0.29, 0.717) is 0 Å². The number of hydrogen-bond donors (Lipinski definition) is 1. The molecule has 1 atom stereocenters. The standard InChI is InChI=1S/C19H20Br2N2O/c20-16-6-1-4-14(10-16)12-23-9-3-5-15(13-23)19(24)22-18-8-2-7-17(21)11-18/h1-2,4,6-8,10-11,15H,3,5,9,12-13H2,(H,22,24). The Hall–Kier alpha value is -1.17. The summed E-state index contributed by atoms with van der Waals surface area (Å²) in [6.45, 7) is 2.75. The van der Waals surface area contributed by atoms with Gasteiger partial charge in [-0.15, -0.1) is 0 Å². The molecule has 1 unspecified atom stereocenters. The molecular weight excluding hydrogens is 432 g/mol. The Morgan fingerprint density at radius 3 is 2.62 bits per heavy atom. The number of carbonyl (C=O) groups is 1. The first-order valence-corrected chi connectivity index (χ1v) is 9.72. The lowest BCUT2D eigenvalue weighted by Gasteiger charge is -2.32. The highest BCUT2D eigenvalue weighted by Crippen LogP contribution is 2.22. The summed E-state index contributed by atoms with van der Waals surface area (Å²) in [7, 11) is 0. The number of benzene rings is 2. The fourth-order valence-electron chi connectivity index (χ4n) is 3.12. The summed E-state index contributed by atoms with van der Waals surface area (Å²) in [4.78, 5) is 14.9. The third-order valence-corrected chi connectivity index (χ3v) is 5.25. The monoisotopic (exact) mass is 450 g/mol. The summed E-state index contributed by atoms with van der Waals surface area (Å²) >= 11 is 6.96. The number of amides is 1. The summed E-state index contributed by atoms with van der Waals surface area (Å²) in [6.07, 6.45) is 2.01. The Kier molecular flexibility index (Phi) is 6.09. The van der Waals surface area contributed by atoms with Gasteiger partial charge in [0, 0.05) is 27.7 Å². The van der Waals surface area contributed by atoms with Crippen LogP contribution in [0.15, 0.2) is 57.5 Å². The van der Waals surface area contributed by atoms with Gasteiger partial charge >= 0.3 is 0 Å². The second-order valence-electron chi connectivity index (χ2n) is 6.20. The largest absolute Gasteiger partial charge is 0.326 e. The van der Waals surface area contributed by atoms with Crippen LogP contribution in [0, 0.1) is 5.92 Å².